The average molecular weight is 499 g/mol. The van der Waals surface area contributed by atoms with Gasteiger partial charge in [-0.3, -0.25) is 9.78 Å². The Morgan fingerprint density at radius 1 is 0.946 bits per heavy atom. The second-order valence-electron chi connectivity index (χ2n) is 10.1. The Kier molecular flexibility index (Phi) is 6.60. The molecule has 190 valence electrons. The summed E-state index contributed by atoms with van der Waals surface area (Å²) in [5.74, 6) is -0.100. The van der Waals surface area contributed by atoms with Crippen molar-refractivity contribution in [3.8, 4) is 11.3 Å². The highest BCUT2D eigenvalue weighted by molar-refractivity contribution is 6.06. The molecule has 4 aromatic rings. The van der Waals surface area contributed by atoms with Gasteiger partial charge in [-0.15, -0.1) is 0 Å². The fourth-order valence-electron chi connectivity index (χ4n) is 4.35. The van der Waals surface area contributed by atoms with E-state index in [-0.39, 0.29) is 12.0 Å². The van der Waals surface area contributed by atoms with Crippen LogP contribution in [-0.2, 0) is 11.3 Å². The third-order valence-corrected chi connectivity index (χ3v) is 6.21. The SMILES string of the molecule is CC(C)(C)OC(=O)N1CCN(C(=O)c2cc(-c3ccccc3)nc3c2cnn3Cc2ccncc2)CC1. The van der Waals surface area contributed by atoms with Crippen LogP contribution in [0.5, 0.6) is 0 Å². The van der Waals surface area contributed by atoms with Gasteiger partial charge in [0.25, 0.3) is 5.91 Å². The van der Waals surface area contributed by atoms with E-state index in [9.17, 15) is 9.59 Å². The van der Waals surface area contributed by atoms with E-state index in [4.69, 9.17) is 9.72 Å². The first-order valence-corrected chi connectivity index (χ1v) is 12.4. The highest BCUT2D eigenvalue weighted by Crippen LogP contribution is 2.27. The molecular formula is C28H30N6O3. The number of carbonyl (C=O) groups excluding carboxylic acids is 2. The first-order chi connectivity index (χ1) is 17.8. The molecule has 1 fully saturated rings. The van der Waals surface area contributed by atoms with E-state index in [2.05, 4.69) is 10.1 Å². The number of rotatable bonds is 4. The summed E-state index contributed by atoms with van der Waals surface area (Å²) >= 11 is 0. The highest BCUT2D eigenvalue weighted by Gasteiger charge is 2.29. The van der Waals surface area contributed by atoms with Crippen LogP contribution in [-0.4, -0.2) is 73.3 Å². The largest absolute Gasteiger partial charge is 0.444 e. The van der Waals surface area contributed by atoms with Crippen molar-refractivity contribution in [2.75, 3.05) is 26.2 Å². The van der Waals surface area contributed by atoms with E-state index < -0.39 is 5.60 Å². The van der Waals surface area contributed by atoms with Crippen LogP contribution in [0.25, 0.3) is 22.3 Å². The van der Waals surface area contributed by atoms with Crippen LogP contribution in [0.4, 0.5) is 4.79 Å². The topological polar surface area (TPSA) is 93.5 Å². The van der Waals surface area contributed by atoms with Crippen LogP contribution in [0.2, 0.25) is 0 Å². The zero-order valence-corrected chi connectivity index (χ0v) is 21.3. The van der Waals surface area contributed by atoms with Crippen molar-refractivity contribution in [2.45, 2.75) is 32.9 Å². The second-order valence-corrected chi connectivity index (χ2v) is 10.1. The quantitative estimate of drug-likeness (QED) is 0.418. The first-order valence-electron chi connectivity index (χ1n) is 12.4. The molecule has 0 aliphatic carbocycles. The summed E-state index contributed by atoms with van der Waals surface area (Å²) in [6.07, 6.45) is 4.85. The molecule has 1 aliphatic rings. The lowest BCUT2D eigenvalue weighted by atomic mass is 10.1. The number of pyridine rings is 2. The maximum Gasteiger partial charge on any atom is 0.410 e. The molecule has 1 aliphatic heterocycles. The van der Waals surface area contributed by atoms with Crippen molar-refractivity contribution in [1.82, 2.24) is 29.5 Å². The van der Waals surface area contributed by atoms with Gasteiger partial charge in [-0.25, -0.2) is 14.5 Å². The molecule has 37 heavy (non-hydrogen) atoms. The standard InChI is InChI=1S/C28H30N6O3/c1-28(2,3)37-27(36)33-15-13-32(14-16-33)26(35)22-17-24(21-7-5-4-6-8-21)31-25-23(22)18-30-34(25)19-20-9-11-29-12-10-20/h4-12,17-18H,13-16,19H2,1-3H3. The van der Waals surface area contributed by atoms with Gasteiger partial charge in [0.1, 0.15) is 5.60 Å². The van der Waals surface area contributed by atoms with Gasteiger partial charge >= 0.3 is 6.09 Å². The molecular weight excluding hydrogens is 468 g/mol. The number of benzene rings is 1. The monoisotopic (exact) mass is 498 g/mol. The number of nitrogens with zero attached hydrogens (tertiary/aromatic N) is 6. The van der Waals surface area contributed by atoms with Crippen molar-refractivity contribution in [2.24, 2.45) is 0 Å². The molecule has 9 heteroatoms. The van der Waals surface area contributed by atoms with Gasteiger partial charge in [-0.1, -0.05) is 30.3 Å². The van der Waals surface area contributed by atoms with E-state index in [1.54, 1.807) is 28.4 Å². The van der Waals surface area contributed by atoms with Crippen molar-refractivity contribution in [1.29, 1.82) is 0 Å². The second kappa shape index (κ2) is 10.0. The fraction of sp³-hybridized carbons (Fsp3) is 0.321. The zero-order chi connectivity index (χ0) is 26.0. The fourth-order valence-corrected chi connectivity index (χ4v) is 4.35. The molecule has 0 saturated carbocycles. The minimum atomic E-state index is -0.559. The molecule has 0 N–H and O–H groups in total. The van der Waals surface area contributed by atoms with Gasteiger partial charge in [0.2, 0.25) is 0 Å². The Hall–Kier alpha value is -4.27. The van der Waals surface area contributed by atoms with Crippen molar-refractivity contribution in [3.63, 3.8) is 0 Å². The van der Waals surface area contributed by atoms with E-state index >= 15 is 0 Å². The molecule has 0 unspecified atom stereocenters. The number of carbonyl (C=O) groups is 2. The number of aromatic nitrogens is 4. The summed E-state index contributed by atoms with van der Waals surface area (Å²) in [6, 6.07) is 15.5. The Morgan fingerprint density at radius 2 is 1.62 bits per heavy atom. The Labute approximate surface area is 215 Å². The molecule has 2 amide bonds. The molecule has 5 rings (SSSR count). The minimum absolute atomic E-state index is 0.100. The number of fused-ring (bicyclic) bond motifs is 1. The Balaban J connectivity index is 1.45. The van der Waals surface area contributed by atoms with E-state index in [1.807, 2.05) is 74.0 Å². The Morgan fingerprint density at radius 3 is 2.30 bits per heavy atom. The molecule has 1 aromatic carbocycles. The minimum Gasteiger partial charge on any atom is -0.444 e. The molecule has 0 spiro atoms. The third kappa shape index (κ3) is 5.45. The summed E-state index contributed by atoms with van der Waals surface area (Å²) in [5, 5.41) is 5.28. The number of amides is 2. The van der Waals surface area contributed by atoms with Crippen LogP contribution < -0.4 is 0 Å². The van der Waals surface area contributed by atoms with E-state index in [0.717, 1.165) is 11.1 Å². The van der Waals surface area contributed by atoms with Crippen molar-refractivity contribution in [3.05, 3.63) is 78.2 Å². The van der Waals surface area contributed by atoms with E-state index in [0.29, 0.717) is 55.0 Å². The lowest BCUT2D eigenvalue weighted by Crippen LogP contribution is -2.51. The van der Waals surface area contributed by atoms with Gasteiger partial charge in [0, 0.05) is 44.1 Å². The van der Waals surface area contributed by atoms with Crippen LogP contribution >= 0.6 is 0 Å². The van der Waals surface area contributed by atoms with Crippen LogP contribution in [0.3, 0.4) is 0 Å². The molecule has 4 heterocycles. The summed E-state index contributed by atoms with van der Waals surface area (Å²) in [5.41, 5.74) is 3.31. The molecule has 9 nitrogen and oxygen atoms in total. The molecule has 0 radical (unpaired) electrons. The normalized spacial score (nSPS) is 14.1. The number of hydrogen-bond donors (Lipinski definition) is 0. The van der Waals surface area contributed by atoms with E-state index in [1.165, 1.54) is 0 Å². The summed E-state index contributed by atoms with van der Waals surface area (Å²) in [7, 11) is 0. The highest BCUT2D eigenvalue weighted by atomic mass is 16.6. The number of ether oxygens (including phenoxy) is 1. The van der Waals surface area contributed by atoms with Gasteiger partial charge < -0.3 is 14.5 Å². The summed E-state index contributed by atoms with van der Waals surface area (Å²) < 4.78 is 7.31. The smallest absolute Gasteiger partial charge is 0.410 e. The molecule has 3 aromatic heterocycles. The van der Waals surface area contributed by atoms with Crippen LogP contribution in [0, 0.1) is 0 Å². The Bertz CT molecular complexity index is 1400. The lowest BCUT2D eigenvalue weighted by Gasteiger charge is -2.35. The first kappa shape index (κ1) is 24.4. The summed E-state index contributed by atoms with van der Waals surface area (Å²) in [4.78, 5) is 38.7. The summed E-state index contributed by atoms with van der Waals surface area (Å²) in [6.45, 7) is 7.74. The van der Waals surface area contributed by atoms with Crippen molar-refractivity contribution < 1.29 is 14.3 Å². The molecule has 0 bridgehead atoms. The third-order valence-electron chi connectivity index (χ3n) is 6.21. The lowest BCUT2D eigenvalue weighted by molar-refractivity contribution is 0.0141. The number of piperazine rings is 1. The number of hydrogen-bond acceptors (Lipinski definition) is 6. The maximum atomic E-state index is 13.8. The molecule has 0 atom stereocenters. The van der Waals surface area contributed by atoms with Crippen LogP contribution in [0.1, 0.15) is 36.7 Å². The zero-order valence-electron chi connectivity index (χ0n) is 21.3. The predicted octanol–water partition coefficient (Wildman–Crippen LogP) is 4.23. The van der Waals surface area contributed by atoms with Gasteiger partial charge in [-0.05, 0) is 44.5 Å². The van der Waals surface area contributed by atoms with Gasteiger partial charge in [-0.2, -0.15) is 5.10 Å². The van der Waals surface area contributed by atoms with Gasteiger partial charge in [0.05, 0.1) is 29.4 Å². The van der Waals surface area contributed by atoms with Crippen LogP contribution in [0.15, 0.2) is 67.1 Å². The molecule has 1 saturated heterocycles. The maximum absolute atomic E-state index is 13.8. The predicted molar refractivity (Wildman–Crippen MR) is 140 cm³/mol. The van der Waals surface area contributed by atoms with Crippen molar-refractivity contribution >= 4 is 23.0 Å². The van der Waals surface area contributed by atoms with Gasteiger partial charge in [0.15, 0.2) is 5.65 Å². The average Bonchev–Trinajstić information content (AvgIpc) is 3.30.